The van der Waals surface area contributed by atoms with Gasteiger partial charge in [-0.3, -0.25) is 4.79 Å². The Morgan fingerprint density at radius 2 is 1.89 bits per heavy atom. The number of hydrogen-bond acceptors (Lipinski definition) is 3. The number of carboxylic acid groups (broad SMARTS) is 1. The largest absolute Gasteiger partial charge is 0.477 e. The van der Waals surface area contributed by atoms with E-state index in [1.54, 1.807) is 24.3 Å². The first-order valence-electron chi connectivity index (χ1n) is 5.08. The summed E-state index contributed by atoms with van der Waals surface area (Å²) in [5, 5.41) is 17.5. The monoisotopic (exact) mass is 240 g/mol. The van der Waals surface area contributed by atoms with Crippen molar-refractivity contribution in [3.05, 3.63) is 58.0 Å². The van der Waals surface area contributed by atoms with Crippen LogP contribution in [0.15, 0.2) is 41.3 Å². The van der Waals surface area contributed by atoms with E-state index in [2.05, 4.69) is 4.98 Å². The molecule has 1 aromatic carbocycles. The molecule has 0 aliphatic heterocycles. The van der Waals surface area contributed by atoms with Gasteiger partial charge in [0.15, 0.2) is 0 Å². The Morgan fingerprint density at radius 3 is 2.44 bits per heavy atom. The van der Waals surface area contributed by atoms with Crippen molar-refractivity contribution in [1.29, 1.82) is 5.26 Å². The molecule has 2 N–H and O–H groups in total. The van der Waals surface area contributed by atoms with E-state index in [0.29, 0.717) is 11.1 Å². The smallest absolute Gasteiger partial charge is 0.341 e. The highest BCUT2D eigenvalue weighted by molar-refractivity contribution is 5.88. The molecular formula is C13H8N2O3. The van der Waals surface area contributed by atoms with E-state index in [9.17, 15) is 9.59 Å². The number of H-pyrrole nitrogens is 1. The van der Waals surface area contributed by atoms with Crippen LogP contribution in [-0.4, -0.2) is 16.1 Å². The topological polar surface area (TPSA) is 94.0 Å². The summed E-state index contributed by atoms with van der Waals surface area (Å²) in [5.74, 6) is -1.27. The van der Waals surface area contributed by atoms with Gasteiger partial charge in [0.25, 0.3) is 5.56 Å². The standard InChI is InChI=1S/C13H8N2O3/c14-6-8-1-3-9(4-2-8)10-5-11(13(17)18)12(16)15-7-10/h1-5,7H,(H,15,16)(H,17,18). The number of hydrogen-bond donors (Lipinski definition) is 2. The van der Waals surface area contributed by atoms with Crippen molar-refractivity contribution in [1.82, 2.24) is 4.98 Å². The number of benzene rings is 1. The molecule has 0 saturated heterocycles. The molecule has 88 valence electrons. The first-order valence-corrected chi connectivity index (χ1v) is 5.08. The van der Waals surface area contributed by atoms with Gasteiger partial charge in [0, 0.05) is 6.20 Å². The van der Waals surface area contributed by atoms with Crippen LogP contribution in [0.2, 0.25) is 0 Å². The highest BCUT2D eigenvalue weighted by Crippen LogP contribution is 2.18. The third-order valence-corrected chi connectivity index (χ3v) is 2.48. The minimum atomic E-state index is -1.27. The number of aromatic nitrogens is 1. The molecule has 5 nitrogen and oxygen atoms in total. The average Bonchev–Trinajstić information content (AvgIpc) is 2.39. The third kappa shape index (κ3) is 2.13. The molecule has 0 aliphatic carbocycles. The van der Waals surface area contributed by atoms with Crippen molar-refractivity contribution >= 4 is 5.97 Å². The molecule has 0 fully saturated rings. The Kier molecular flexibility index (Phi) is 2.94. The molecule has 0 spiro atoms. The van der Waals surface area contributed by atoms with Gasteiger partial charge in [-0.2, -0.15) is 5.26 Å². The first kappa shape index (κ1) is 11.6. The van der Waals surface area contributed by atoms with E-state index in [-0.39, 0.29) is 5.56 Å². The number of carbonyl (C=O) groups is 1. The molecule has 1 heterocycles. The minimum Gasteiger partial charge on any atom is -0.477 e. The summed E-state index contributed by atoms with van der Waals surface area (Å²) < 4.78 is 0. The van der Waals surface area contributed by atoms with Crippen LogP contribution >= 0.6 is 0 Å². The normalized spacial score (nSPS) is 9.72. The van der Waals surface area contributed by atoms with Gasteiger partial charge < -0.3 is 10.1 Å². The predicted molar refractivity (Wildman–Crippen MR) is 64.2 cm³/mol. The Hall–Kier alpha value is -2.87. The number of pyridine rings is 1. The zero-order chi connectivity index (χ0) is 13.1. The fourth-order valence-corrected chi connectivity index (χ4v) is 1.55. The summed E-state index contributed by atoms with van der Waals surface area (Å²) in [6.07, 6.45) is 1.44. The maximum Gasteiger partial charge on any atom is 0.341 e. The number of nitrogens with one attached hydrogen (secondary N) is 1. The van der Waals surface area contributed by atoms with Gasteiger partial charge in [-0.25, -0.2) is 4.79 Å². The van der Waals surface area contributed by atoms with Crippen LogP contribution in [0.1, 0.15) is 15.9 Å². The van der Waals surface area contributed by atoms with E-state index >= 15 is 0 Å². The van der Waals surface area contributed by atoms with Gasteiger partial charge in [0.2, 0.25) is 0 Å². The van der Waals surface area contributed by atoms with Crippen LogP contribution in [0.5, 0.6) is 0 Å². The summed E-state index contributed by atoms with van der Waals surface area (Å²) >= 11 is 0. The first-order chi connectivity index (χ1) is 8.61. The van der Waals surface area contributed by atoms with Crippen molar-refractivity contribution in [2.75, 3.05) is 0 Å². The van der Waals surface area contributed by atoms with Gasteiger partial charge >= 0.3 is 5.97 Å². The fraction of sp³-hybridized carbons (Fsp3) is 0. The van der Waals surface area contributed by atoms with Gasteiger partial charge in [-0.05, 0) is 29.3 Å². The Labute approximate surface area is 102 Å². The highest BCUT2D eigenvalue weighted by atomic mass is 16.4. The molecule has 0 bridgehead atoms. The molecule has 0 aliphatic rings. The molecular weight excluding hydrogens is 232 g/mol. The van der Waals surface area contributed by atoms with Gasteiger partial charge in [0.05, 0.1) is 11.6 Å². The molecule has 5 heteroatoms. The zero-order valence-corrected chi connectivity index (χ0v) is 9.18. The summed E-state index contributed by atoms with van der Waals surface area (Å²) in [7, 11) is 0. The lowest BCUT2D eigenvalue weighted by molar-refractivity contribution is 0.0695. The van der Waals surface area contributed by atoms with E-state index < -0.39 is 11.5 Å². The third-order valence-electron chi connectivity index (χ3n) is 2.48. The molecule has 0 radical (unpaired) electrons. The molecule has 0 saturated carbocycles. The Morgan fingerprint density at radius 1 is 1.22 bits per heavy atom. The highest BCUT2D eigenvalue weighted by Gasteiger charge is 2.10. The molecule has 18 heavy (non-hydrogen) atoms. The number of rotatable bonds is 2. The van der Waals surface area contributed by atoms with Gasteiger partial charge in [-0.1, -0.05) is 12.1 Å². The van der Waals surface area contributed by atoms with Crippen molar-refractivity contribution in [3.63, 3.8) is 0 Å². The van der Waals surface area contributed by atoms with Crippen LogP contribution in [0, 0.1) is 11.3 Å². The SMILES string of the molecule is N#Cc1ccc(-c2c[nH]c(=O)c(C(=O)O)c2)cc1. The molecule has 2 aromatic rings. The summed E-state index contributed by atoms with van der Waals surface area (Å²) in [6.45, 7) is 0. The second-order valence-corrected chi connectivity index (χ2v) is 3.63. The molecule has 1 aromatic heterocycles. The van der Waals surface area contributed by atoms with E-state index in [1.807, 2.05) is 6.07 Å². The maximum absolute atomic E-state index is 11.3. The molecule has 0 amide bonds. The zero-order valence-electron chi connectivity index (χ0n) is 9.18. The van der Waals surface area contributed by atoms with Crippen LogP contribution in [0.25, 0.3) is 11.1 Å². The second-order valence-electron chi connectivity index (χ2n) is 3.63. The number of aromatic amines is 1. The van der Waals surface area contributed by atoms with Gasteiger partial charge in [-0.15, -0.1) is 0 Å². The Bertz CT molecular complexity index is 693. The van der Waals surface area contributed by atoms with Crippen molar-refractivity contribution in [2.24, 2.45) is 0 Å². The van der Waals surface area contributed by atoms with Crippen molar-refractivity contribution in [3.8, 4) is 17.2 Å². The van der Waals surface area contributed by atoms with Gasteiger partial charge in [0.1, 0.15) is 5.56 Å². The lowest BCUT2D eigenvalue weighted by atomic mass is 10.0. The van der Waals surface area contributed by atoms with Crippen LogP contribution < -0.4 is 5.56 Å². The molecule has 0 atom stereocenters. The van der Waals surface area contributed by atoms with Crippen molar-refractivity contribution < 1.29 is 9.90 Å². The maximum atomic E-state index is 11.3. The summed E-state index contributed by atoms with van der Waals surface area (Å²) in [4.78, 5) is 24.5. The van der Waals surface area contributed by atoms with E-state index in [1.165, 1.54) is 12.3 Å². The van der Waals surface area contributed by atoms with Crippen LogP contribution in [0.4, 0.5) is 0 Å². The molecule has 2 rings (SSSR count). The summed E-state index contributed by atoms with van der Waals surface area (Å²) in [6, 6.07) is 9.94. The number of carboxylic acids is 1. The minimum absolute atomic E-state index is 0.308. The quantitative estimate of drug-likeness (QED) is 0.833. The van der Waals surface area contributed by atoms with Crippen LogP contribution in [-0.2, 0) is 0 Å². The lowest BCUT2D eigenvalue weighted by Crippen LogP contribution is -2.16. The summed E-state index contributed by atoms with van der Waals surface area (Å²) in [5.41, 5.74) is 0.877. The average molecular weight is 240 g/mol. The van der Waals surface area contributed by atoms with E-state index in [4.69, 9.17) is 10.4 Å². The predicted octanol–water partition coefficient (Wildman–Crippen LogP) is 1.61. The Balaban J connectivity index is 2.51. The van der Waals surface area contributed by atoms with E-state index in [0.717, 1.165) is 5.56 Å². The second kappa shape index (κ2) is 4.55. The fourth-order valence-electron chi connectivity index (χ4n) is 1.55. The number of nitrogens with zero attached hydrogens (tertiary/aromatic N) is 1. The number of aromatic carboxylic acids is 1. The number of nitriles is 1. The lowest BCUT2D eigenvalue weighted by Gasteiger charge is -2.02. The molecule has 0 unspecified atom stereocenters. The van der Waals surface area contributed by atoms with Crippen molar-refractivity contribution in [2.45, 2.75) is 0 Å². The van der Waals surface area contributed by atoms with Crippen LogP contribution in [0.3, 0.4) is 0 Å².